The Morgan fingerprint density at radius 1 is 1.85 bits per heavy atom. The number of hydrazine groups is 1. The number of unbranched alkanes of at least 4 members (excludes halogenated alkanes) is 2. The third kappa shape index (κ3) is 4.72. The van der Waals surface area contributed by atoms with E-state index in [0.29, 0.717) is 6.42 Å². The highest BCUT2D eigenvalue weighted by atomic mass is 16.7. The fourth-order valence-corrected chi connectivity index (χ4v) is 0.623. The van der Waals surface area contributed by atoms with Gasteiger partial charge in [-0.1, -0.05) is 13.3 Å². The summed E-state index contributed by atoms with van der Waals surface area (Å²) in [5.41, 5.74) is 4.91. The topological polar surface area (TPSA) is 109 Å². The average molecular weight is 187 g/mol. The highest BCUT2D eigenvalue weighted by Crippen LogP contribution is 1.92. The van der Waals surface area contributed by atoms with E-state index in [0.717, 1.165) is 12.8 Å². The Hall–Kier alpha value is -1.66. The molecule has 0 radical (unpaired) electrons. The number of rotatable bonds is 5. The summed E-state index contributed by atoms with van der Waals surface area (Å²) in [7, 11) is 0. The SMILES string of the molecule is CCCC/C=N\N(C(=N)N)[N+](=O)[O-]. The molecule has 0 aliphatic carbocycles. The Morgan fingerprint density at radius 2 is 2.46 bits per heavy atom. The van der Waals surface area contributed by atoms with Crippen LogP contribution in [0.3, 0.4) is 0 Å². The van der Waals surface area contributed by atoms with Gasteiger partial charge in [0.15, 0.2) is 0 Å². The summed E-state index contributed by atoms with van der Waals surface area (Å²) in [4.78, 5) is 10.2. The van der Waals surface area contributed by atoms with Gasteiger partial charge >= 0.3 is 0 Å². The highest BCUT2D eigenvalue weighted by Gasteiger charge is 2.14. The molecular formula is C6H13N5O2. The summed E-state index contributed by atoms with van der Waals surface area (Å²) in [6.45, 7) is 2.00. The van der Waals surface area contributed by atoms with Gasteiger partial charge in [-0.25, -0.2) is 0 Å². The predicted octanol–water partition coefficient (Wildman–Crippen LogP) is 0.550. The molecule has 0 aromatic rings. The van der Waals surface area contributed by atoms with Crippen LogP contribution in [0.5, 0.6) is 0 Å². The number of nitrogens with two attached hydrogens (primary N) is 1. The predicted molar refractivity (Wildman–Crippen MR) is 48.8 cm³/mol. The zero-order valence-corrected chi connectivity index (χ0v) is 7.43. The van der Waals surface area contributed by atoms with E-state index in [1.54, 1.807) is 0 Å². The molecular weight excluding hydrogens is 174 g/mol. The molecule has 0 aromatic carbocycles. The van der Waals surface area contributed by atoms with Gasteiger partial charge < -0.3 is 15.8 Å². The van der Waals surface area contributed by atoms with Crippen LogP contribution in [0.2, 0.25) is 0 Å². The molecule has 0 bridgehead atoms. The minimum Gasteiger partial charge on any atom is -0.363 e. The molecule has 7 nitrogen and oxygen atoms in total. The van der Waals surface area contributed by atoms with Crippen molar-refractivity contribution < 1.29 is 5.03 Å². The van der Waals surface area contributed by atoms with Crippen LogP contribution in [0.4, 0.5) is 0 Å². The monoisotopic (exact) mass is 187 g/mol. The van der Waals surface area contributed by atoms with Crippen molar-refractivity contribution >= 4 is 12.2 Å². The molecule has 0 atom stereocenters. The van der Waals surface area contributed by atoms with Gasteiger partial charge in [0.2, 0.25) is 0 Å². The van der Waals surface area contributed by atoms with Gasteiger partial charge in [0.25, 0.3) is 5.96 Å². The van der Waals surface area contributed by atoms with Gasteiger partial charge in [-0.3, -0.25) is 5.41 Å². The van der Waals surface area contributed by atoms with Crippen molar-refractivity contribution in [3.05, 3.63) is 10.1 Å². The van der Waals surface area contributed by atoms with Gasteiger partial charge in [0, 0.05) is 11.5 Å². The van der Waals surface area contributed by atoms with E-state index in [9.17, 15) is 10.1 Å². The zero-order chi connectivity index (χ0) is 10.3. The number of hydrogen-bond donors (Lipinski definition) is 2. The molecule has 0 spiro atoms. The van der Waals surface area contributed by atoms with E-state index in [2.05, 4.69) is 5.10 Å². The molecule has 0 saturated carbocycles. The lowest BCUT2D eigenvalue weighted by Gasteiger charge is -2.03. The lowest BCUT2D eigenvalue weighted by molar-refractivity contribution is -0.631. The van der Waals surface area contributed by atoms with E-state index in [1.165, 1.54) is 6.21 Å². The quantitative estimate of drug-likeness (QED) is 0.215. The Kier molecular flexibility index (Phi) is 5.17. The molecule has 7 heteroatoms. The van der Waals surface area contributed by atoms with Gasteiger partial charge in [-0.15, -0.1) is 0 Å². The summed E-state index contributed by atoms with van der Waals surface area (Å²) >= 11 is 0. The number of nitrogens with one attached hydrogen (secondary N) is 1. The van der Waals surface area contributed by atoms with Crippen LogP contribution >= 0.6 is 0 Å². The first-order valence-corrected chi connectivity index (χ1v) is 3.90. The molecule has 0 aromatic heterocycles. The Morgan fingerprint density at radius 3 is 2.85 bits per heavy atom. The van der Waals surface area contributed by atoms with Crippen LogP contribution in [0.15, 0.2) is 5.10 Å². The molecule has 0 amide bonds. The molecule has 0 unspecified atom stereocenters. The van der Waals surface area contributed by atoms with Crippen molar-refractivity contribution in [2.24, 2.45) is 10.8 Å². The summed E-state index contributed by atoms with van der Waals surface area (Å²) in [5.74, 6) is -0.697. The molecule has 0 rings (SSSR count). The third-order valence-electron chi connectivity index (χ3n) is 1.25. The van der Waals surface area contributed by atoms with Crippen molar-refractivity contribution in [1.82, 2.24) is 5.12 Å². The second-order valence-corrected chi connectivity index (χ2v) is 2.35. The number of nitrogens with zero attached hydrogens (tertiary/aromatic N) is 3. The lowest BCUT2D eigenvalue weighted by Crippen LogP contribution is -2.36. The molecule has 74 valence electrons. The molecule has 3 N–H and O–H groups in total. The fourth-order valence-electron chi connectivity index (χ4n) is 0.623. The van der Waals surface area contributed by atoms with Crippen molar-refractivity contribution in [3.63, 3.8) is 0 Å². The first kappa shape index (κ1) is 11.3. The number of guanidine groups is 1. The van der Waals surface area contributed by atoms with E-state index in [-0.39, 0.29) is 5.12 Å². The molecule has 0 fully saturated rings. The largest absolute Gasteiger partial charge is 0.363 e. The van der Waals surface area contributed by atoms with Crippen LogP contribution in [-0.4, -0.2) is 22.3 Å². The van der Waals surface area contributed by atoms with E-state index in [1.807, 2.05) is 6.92 Å². The van der Waals surface area contributed by atoms with Crippen molar-refractivity contribution in [1.29, 1.82) is 5.41 Å². The smallest absolute Gasteiger partial charge is 0.280 e. The highest BCUT2D eigenvalue weighted by molar-refractivity contribution is 5.74. The van der Waals surface area contributed by atoms with Crippen molar-refractivity contribution in [2.75, 3.05) is 0 Å². The first-order valence-electron chi connectivity index (χ1n) is 3.90. The maximum atomic E-state index is 10.2. The molecule has 0 aliphatic rings. The maximum Gasteiger partial charge on any atom is 0.280 e. The van der Waals surface area contributed by atoms with Gasteiger partial charge in [-0.2, -0.15) is 0 Å². The summed E-state index contributed by atoms with van der Waals surface area (Å²) < 4.78 is 0. The van der Waals surface area contributed by atoms with Gasteiger partial charge in [0.05, 0.1) is 10.2 Å². The lowest BCUT2D eigenvalue weighted by atomic mass is 10.3. The van der Waals surface area contributed by atoms with Crippen LogP contribution in [0.1, 0.15) is 26.2 Å². The number of nitro groups is 1. The van der Waals surface area contributed by atoms with Gasteiger partial charge in [-0.05, 0) is 6.42 Å². The normalized spacial score (nSPS) is 10.2. The van der Waals surface area contributed by atoms with Gasteiger partial charge in [0.1, 0.15) is 6.21 Å². The van der Waals surface area contributed by atoms with Crippen LogP contribution in [0.25, 0.3) is 0 Å². The average Bonchev–Trinajstić information content (AvgIpc) is 2.02. The fraction of sp³-hybridized carbons (Fsp3) is 0.667. The van der Waals surface area contributed by atoms with Crippen LogP contribution in [-0.2, 0) is 0 Å². The Labute approximate surface area is 75.8 Å². The number of hydrogen-bond acceptors (Lipinski definition) is 4. The number of hydrazone groups is 1. The molecule has 0 saturated heterocycles. The van der Waals surface area contributed by atoms with Crippen LogP contribution < -0.4 is 5.73 Å². The van der Waals surface area contributed by atoms with E-state index >= 15 is 0 Å². The van der Waals surface area contributed by atoms with Crippen molar-refractivity contribution in [2.45, 2.75) is 26.2 Å². The second kappa shape index (κ2) is 5.92. The third-order valence-corrected chi connectivity index (χ3v) is 1.25. The van der Waals surface area contributed by atoms with Crippen LogP contribution in [0, 0.1) is 15.5 Å². The molecule has 0 aliphatic heterocycles. The minimum atomic E-state index is -0.842. The Balaban J connectivity index is 4.03. The summed E-state index contributed by atoms with van der Waals surface area (Å²) in [6.07, 6.45) is 3.93. The second-order valence-electron chi connectivity index (χ2n) is 2.35. The minimum absolute atomic E-state index is 0.232. The zero-order valence-electron chi connectivity index (χ0n) is 7.43. The molecule has 0 heterocycles. The standard InChI is InChI=1S/C6H13N5O2/c1-2-3-4-5-9-10(6(7)8)11(12)13/h5H,2-4H2,1H3,(H3,7,8)/b9-5-. The Bertz CT molecular complexity index is 201. The summed E-state index contributed by atoms with van der Waals surface area (Å²) in [6, 6.07) is 0. The summed E-state index contributed by atoms with van der Waals surface area (Å²) in [5, 5.41) is 19.8. The van der Waals surface area contributed by atoms with E-state index in [4.69, 9.17) is 11.1 Å². The van der Waals surface area contributed by atoms with Crippen molar-refractivity contribution in [3.8, 4) is 0 Å². The maximum absolute atomic E-state index is 10.2. The molecule has 13 heavy (non-hydrogen) atoms. The van der Waals surface area contributed by atoms with E-state index < -0.39 is 11.0 Å². The first-order chi connectivity index (χ1) is 6.09.